The van der Waals surface area contributed by atoms with E-state index in [1.807, 2.05) is 12.1 Å². The van der Waals surface area contributed by atoms with E-state index < -0.39 is 0 Å². The minimum Gasteiger partial charge on any atom is -0.496 e. The average Bonchev–Trinajstić information content (AvgIpc) is 2.54. The molecule has 1 aromatic carbocycles. The zero-order chi connectivity index (χ0) is 8.55. The third-order valence-electron chi connectivity index (χ3n) is 2.12. The quantitative estimate of drug-likeness (QED) is 0.722. The molecule has 0 aromatic heterocycles. The van der Waals surface area contributed by atoms with Crippen molar-refractivity contribution >= 4 is 17.3 Å². The smallest absolute Gasteiger partial charge is 0.124 e. The summed E-state index contributed by atoms with van der Waals surface area (Å²) in [7, 11) is 1.68. The Hall–Kier alpha value is -0.890. The molecular formula is C9H10ClNO. The van der Waals surface area contributed by atoms with Crippen LogP contribution in [0.5, 0.6) is 5.75 Å². The van der Waals surface area contributed by atoms with Crippen LogP contribution in [0.4, 0.5) is 5.69 Å². The van der Waals surface area contributed by atoms with E-state index in [9.17, 15) is 0 Å². The minimum atomic E-state index is 0.781. The normalized spacial score (nSPS) is 13.8. The first-order chi connectivity index (χ1) is 5.83. The summed E-state index contributed by atoms with van der Waals surface area (Å²) in [6.07, 6.45) is 0.999. The van der Waals surface area contributed by atoms with Gasteiger partial charge in [0.25, 0.3) is 0 Å². The Morgan fingerprint density at radius 2 is 2.33 bits per heavy atom. The maximum absolute atomic E-state index is 5.98. The highest BCUT2D eigenvalue weighted by atomic mass is 35.5. The van der Waals surface area contributed by atoms with Gasteiger partial charge >= 0.3 is 0 Å². The van der Waals surface area contributed by atoms with Crippen molar-refractivity contribution in [1.82, 2.24) is 0 Å². The van der Waals surface area contributed by atoms with Gasteiger partial charge in [-0.3, -0.25) is 0 Å². The number of rotatable bonds is 1. The van der Waals surface area contributed by atoms with Gasteiger partial charge in [0, 0.05) is 12.1 Å². The molecule has 0 atom stereocenters. The van der Waals surface area contributed by atoms with Gasteiger partial charge in [0.15, 0.2) is 0 Å². The molecule has 12 heavy (non-hydrogen) atoms. The maximum Gasteiger partial charge on any atom is 0.124 e. The van der Waals surface area contributed by atoms with Crippen LogP contribution in [0.25, 0.3) is 0 Å². The summed E-state index contributed by atoms with van der Waals surface area (Å²) >= 11 is 5.98. The lowest BCUT2D eigenvalue weighted by molar-refractivity contribution is 0.411. The molecule has 0 saturated carbocycles. The molecule has 0 bridgehead atoms. The van der Waals surface area contributed by atoms with Crippen molar-refractivity contribution < 1.29 is 4.74 Å². The molecule has 64 valence electrons. The van der Waals surface area contributed by atoms with Crippen LogP contribution in [0.2, 0.25) is 5.02 Å². The van der Waals surface area contributed by atoms with Gasteiger partial charge in [0.1, 0.15) is 5.75 Å². The zero-order valence-corrected chi connectivity index (χ0v) is 7.61. The van der Waals surface area contributed by atoms with Crippen molar-refractivity contribution in [3.8, 4) is 5.75 Å². The van der Waals surface area contributed by atoms with Gasteiger partial charge in [-0.1, -0.05) is 11.6 Å². The van der Waals surface area contributed by atoms with E-state index in [0.29, 0.717) is 0 Å². The number of methoxy groups -OCH3 is 1. The van der Waals surface area contributed by atoms with Gasteiger partial charge in [-0.2, -0.15) is 0 Å². The molecule has 2 rings (SSSR count). The summed E-state index contributed by atoms with van der Waals surface area (Å²) in [6.45, 7) is 0.954. The van der Waals surface area contributed by atoms with Crippen molar-refractivity contribution in [2.45, 2.75) is 6.42 Å². The van der Waals surface area contributed by atoms with Crippen LogP contribution in [0.3, 0.4) is 0 Å². The predicted molar refractivity (Wildman–Crippen MR) is 50.2 cm³/mol. The highest BCUT2D eigenvalue weighted by molar-refractivity contribution is 6.33. The fraction of sp³-hybridized carbons (Fsp3) is 0.333. The number of halogens is 1. The lowest BCUT2D eigenvalue weighted by Crippen LogP contribution is -1.91. The van der Waals surface area contributed by atoms with Crippen LogP contribution >= 0.6 is 11.6 Å². The SMILES string of the molecule is COc1ccc(Cl)c2c1CCN2. The van der Waals surface area contributed by atoms with E-state index in [1.165, 1.54) is 5.56 Å². The molecule has 0 spiro atoms. The van der Waals surface area contributed by atoms with Crippen LogP contribution in [0, 0.1) is 0 Å². The molecular weight excluding hydrogens is 174 g/mol. The molecule has 0 amide bonds. The number of hydrogen-bond acceptors (Lipinski definition) is 2. The van der Waals surface area contributed by atoms with Crippen LogP contribution in [-0.2, 0) is 6.42 Å². The molecule has 3 heteroatoms. The highest BCUT2D eigenvalue weighted by Crippen LogP contribution is 2.36. The van der Waals surface area contributed by atoms with E-state index in [0.717, 1.165) is 29.4 Å². The Kier molecular flexibility index (Phi) is 1.85. The summed E-state index contributed by atoms with van der Waals surface area (Å²) in [5, 5.41) is 4.01. The van der Waals surface area contributed by atoms with Gasteiger partial charge in [0.05, 0.1) is 17.8 Å². The summed E-state index contributed by atoms with van der Waals surface area (Å²) in [5.74, 6) is 0.930. The van der Waals surface area contributed by atoms with Crippen molar-refractivity contribution in [3.63, 3.8) is 0 Å². The minimum absolute atomic E-state index is 0.781. The Balaban J connectivity index is 2.57. The number of ether oxygens (including phenoxy) is 1. The molecule has 2 nitrogen and oxygen atoms in total. The van der Waals surface area contributed by atoms with Crippen molar-refractivity contribution in [2.24, 2.45) is 0 Å². The molecule has 1 heterocycles. The van der Waals surface area contributed by atoms with Crippen LogP contribution in [-0.4, -0.2) is 13.7 Å². The Labute approximate surface area is 76.5 Å². The molecule has 1 aromatic rings. The lowest BCUT2D eigenvalue weighted by Gasteiger charge is -2.07. The van der Waals surface area contributed by atoms with E-state index in [-0.39, 0.29) is 0 Å². The second-order valence-corrected chi connectivity index (χ2v) is 3.19. The Morgan fingerprint density at radius 3 is 3.08 bits per heavy atom. The monoisotopic (exact) mass is 183 g/mol. The van der Waals surface area contributed by atoms with Gasteiger partial charge in [-0.25, -0.2) is 0 Å². The van der Waals surface area contributed by atoms with E-state index >= 15 is 0 Å². The van der Waals surface area contributed by atoms with Crippen molar-refractivity contribution in [2.75, 3.05) is 19.0 Å². The summed E-state index contributed by atoms with van der Waals surface area (Å²) in [6, 6.07) is 3.77. The largest absolute Gasteiger partial charge is 0.496 e. The third kappa shape index (κ3) is 1.03. The van der Waals surface area contributed by atoms with Crippen LogP contribution in [0.15, 0.2) is 12.1 Å². The average molecular weight is 184 g/mol. The molecule has 0 aliphatic carbocycles. The highest BCUT2D eigenvalue weighted by Gasteiger charge is 2.17. The summed E-state index contributed by atoms with van der Waals surface area (Å²) in [4.78, 5) is 0. The molecule has 0 unspecified atom stereocenters. The van der Waals surface area contributed by atoms with Gasteiger partial charge in [-0.05, 0) is 18.6 Å². The first kappa shape index (κ1) is 7.74. The summed E-state index contributed by atoms with van der Waals surface area (Å²) in [5.41, 5.74) is 2.24. The fourth-order valence-electron chi connectivity index (χ4n) is 1.54. The second-order valence-electron chi connectivity index (χ2n) is 2.78. The third-order valence-corrected chi connectivity index (χ3v) is 2.43. The van der Waals surface area contributed by atoms with Gasteiger partial charge in [0.2, 0.25) is 0 Å². The Bertz CT molecular complexity index is 312. The second kappa shape index (κ2) is 2.87. The van der Waals surface area contributed by atoms with Crippen molar-refractivity contribution in [3.05, 3.63) is 22.7 Å². The summed E-state index contributed by atoms with van der Waals surface area (Å²) < 4.78 is 5.21. The topological polar surface area (TPSA) is 21.3 Å². The molecule has 1 N–H and O–H groups in total. The van der Waals surface area contributed by atoms with Gasteiger partial charge in [-0.15, -0.1) is 0 Å². The Morgan fingerprint density at radius 1 is 1.50 bits per heavy atom. The first-order valence-electron chi connectivity index (χ1n) is 3.92. The van der Waals surface area contributed by atoms with Crippen molar-refractivity contribution in [1.29, 1.82) is 0 Å². The maximum atomic E-state index is 5.98. The molecule has 1 aliphatic heterocycles. The molecule has 0 saturated heterocycles. The fourth-order valence-corrected chi connectivity index (χ4v) is 1.79. The van der Waals surface area contributed by atoms with E-state index in [1.54, 1.807) is 7.11 Å². The lowest BCUT2D eigenvalue weighted by atomic mass is 10.1. The molecule has 0 radical (unpaired) electrons. The number of anilines is 1. The van der Waals surface area contributed by atoms with Crippen LogP contribution in [0.1, 0.15) is 5.56 Å². The molecule has 1 aliphatic rings. The van der Waals surface area contributed by atoms with E-state index in [2.05, 4.69) is 5.32 Å². The number of nitrogens with one attached hydrogen (secondary N) is 1. The predicted octanol–water partition coefficient (Wildman–Crippen LogP) is 2.32. The standard InChI is InChI=1S/C9H10ClNO/c1-12-8-3-2-7(10)9-6(8)4-5-11-9/h2-3,11H,4-5H2,1H3. The number of fused-ring (bicyclic) bond motifs is 1. The molecule has 0 fully saturated rings. The van der Waals surface area contributed by atoms with E-state index in [4.69, 9.17) is 16.3 Å². The van der Waals surface area contributed by atoms with Gasteiger partial charge < -0.3 is 10.1 Å². The first-order valence-corrected chi connectivity index (χ1v) is 4.30. The zero-order valence-electron chi connectivity index (χ0n) is 6.86. The number of benzene rings is 1. The number of hydrogen-bond donors (Lipinski definition) is 1. The van der Waals surface area contributed by atoms with Crippen LogP contribution < -0.4 is 10.1 Å².